The average Bonchev–Trinajstić information content (AvgIpc) is 2.58. The first-order valence-corrected chi connectivity index (χ1v) is 9.22. The summed E-state index contributed by atoms with van der Waals surface area (Å²) in [5, 5.41) is 0. The summed E-state index contributed by atoms with van der Waals surface area (Å²) < 4.78 is 0. The fourth-order valence-electron chi connectivity index (χ4n) is 2.73. The van der Waals surface area contributed by atoms with Crippen molar-refractivity contribution in [3.8, 4) is 0 Å². The molecule has 0 fully saturated rings. The van der Waals surface area contributed by atoms with E-state index < -0.39 is 0 Å². The predicted octanol–water partition coefficient (Wildman–Crippen LogP) is 7.46. The normalized spacial score (nSPS) is 12.4. The first-order chi connectivity index (χ1) is 12.2. The van der Waals surface area contributed by atoms with E-state index in [0.717, 1.165) is 28.9 Å². The summed E-state index contributed by atoms with van der Waals surface area (Å²) in [6.45, 7) is 23.3. The second kappa shape index (κ2) is 9.91. The van der Waals surface area contributed by atoms with Gasteiger partial charge in [-0.05, 0) is 93.0 Å². The molecule has 0 aliphatic heterocycles. The summed E-state index contributed by atoms with van der Waals surface area (Å²) in [6.07, 6.45) is 8.96. The van der Waals surface area contributed by atoms with E-state index in [1.165, 1.54) is 27.8 Å². The minimum Gasteiger partial charge on any atom is -0.261 e. The van der Waals surface area contributed by atoms with E-state index in [0.29, 0.717) is 0 Å². The fraction of sp³-hybridized carbons (Fsp3) is 0.320. The van der Waals surface area contributed by atoms with Crippen LogP contribution < -0.4 is 0 Å². The van der Waals surface area contributed by atoms with Crippen molar-refractivity contribution in [2.24, 2.45) is 4.99 Å². The van der Waals surface area contributed by atoms with E-state index in [-0.39, 0.29) is 0 Å². The molecule has 1 aromatic carbocycles. The highest BCUT2D eigenvalue weighted by Crippen LogP contribution is 2.30. The van der Waals surface area contributed by atoms with Gasteiger partial charge in [-0.1, -0.05) is 49.9 Å². The zero-order chi connectivity index (χ0) is 19.9. The maximum Gasteiger partial charge on any atom is 0.0401 e. The molecule has 0 amide bonds. The molecule has 1 heteroatoms. The predicted molar refractivity (Wildman–Crippen MR) is 119 cm³/mol. The van der Waals surface area contributed by atoms with Crippen molar-refractivity contribution in [2.45, 2.75) is 54.9 Å². The minimum absolute atomic E-state index is 0.885. The molecule has 1 rings (SSSR count). The Balaban J connectivity index is 3.12. The van der Waals surface area contributed by atoms with Gasteiger partial charge in [0.15, 0.2) is 0 Å². The number of allylic oxidation sites excluding steroid dienone is 7. The Bertz CT molecular complexity index is 807. The quantitative estimate of drug-likeness (QED) is 0.358. The molecule has 0 unspecified atom stereocenters. The van der Waals surface area contributed by atoms with Crippen LogP contribution >= 0.6 is 0 Å². The Morgan fingerprint density at radius 1 is 1.00 bits per heavy atom. The van der Waals surface area contributed by atoms with Crippen LogP contribution in [0.3, 0.4) is 0 Å². The number of benzene rings is 1. The molecule has 0 aliphatic rings. The highest BCUT2D eigenvalue weighted by Gasteiger charge is 2.11. The molecule has 0 radical (unpaired) electrons. The SMILES string of the molecule is C=C(/C=C\C(CC)=N\C=C(C)C)/C(=C/C)C(=C)c1cc(C)c(C)cc1C. The number of hydrogen-bond donors (Lipinski definition) is 0. The van der Waals surface area contributed by atoms with Crippen LogP contribution in [0.5, 0.6) is 0 Å². The largest absolute Gasteiger partial charge is 0.261 e. The van der Waals surface area contributed by atoms with Gasteiger partial charge < -0.3 is 0 Å². The number of aryl methyl sites for hydroxylation is 3. The molecule has 0 saturated heterocycles. The third-order valence-electron chi connectivity index (χ3n) is 4.45. The molecule has 1 aromatic rings. The topological polar surface area (TPSA) is 12.4 Å². The lowest BCUT2D eigenvalue weighted by molar-refractivity contribution is 1.26. The second-order valence-electron chi connectivity index (χ2n) is 6.97. The summed E-state index contributed by atoms with van der Waals surface area (Å²) in [4.78, 5) is 4.52. The van der Waals surface area contributed by atoms with Crippen LogP contribution in [0.1, 0.15) is 56.4 Å². The molecule has 26 heavy (non-hydrogen) atoms. The van der Waals surface area contributed by atoms with Gasteiger partial charge in [-0.25, -0.2) is 0 Å². The van der Waals surface area contributed by atoms with Crippen LogP contribution in [0.15, 0.2) is 71.4 Å². The van der Waals surface area contributed by atoms with Gasteiger partial charge in [0.2, 0.25) is 0 Å². The van der Waals surface area contributed by atoms with Gasteiger partial charge >= 0.3 is 0 Å². The smallest absolute Gasteiger partial charge is 0.0401 e. The molecular formula is C25H33N. The third-order valence-corrected chi connectivity index (χ3v) is 4.45. The van der Waals surface area contributed by atoms with E-state index >= 15 is 0 Å². The molecule has 0 aromatic heterocycles. The molecule has 0 spiro atoms. The maximum atomic E-state index is 4.52. The Labute approximate surface area is 160 Å². The zero-order valence-corrected chi connectivity index (χ0v) is 17.5. The van der Waals surface area contributed by atoms with Crippen molar-refractivity contribution in [3.63, 3.8) is 0 Å². The van der Waals surface area contributed by atoms with Crippen LogP contribution in [0.25, 0.3) is 5.57 Å². The molecule has 0 atom stereocenters. The third kappa shape index (κ3) is 5.84. The first-order valence-electron chi connectivity index (χ1n) is 9.22. The van der Waals surface area contributed by atoms with Crippen LogP contribution in [-0.4, -0.2) is 5.71 Å². The van der Waals surface area contributed by atoms with Crippen molar-refractivity contribution in [3.05, 3.63) is 88.7 Å². The fourth-order valence-corrected chi connectivity index (χ4v) is 2.73. The van der Waals surface area contributed by atoms with Gasteiger partial charge in [0.1, 0.15) is 0 Å². The van der Waals surface area contributed by atoms with Gasteiger partial charge in [0.25, 0.3) is 0 Å². The van der Waals surface area contributed by atoms with Gasteiger partial charge in [-0.3, -0.25) is 4.99 Å². The zero-order valence-electron chi connectivity index (χ0n) is 17.5. The van der Waals surface area contributed by atoms with Crippen molar-refractivity contribution in [2.75, 3.05) is 0 Å². The molecule has 1 nitrogen and oxygen atoms in total. The van der Waals surface area contributed by atoms with Crippen molar-refractivity contribution >= 4 is 11.3 Å². The Hall–Kier alpha value is -2.41. The maximum absolute atomic E-state index is 4.52. The number of hydrogen-bond acceptors (Lipinski definition) is 1. The summed E-state index contributed by atoms with van der Waals surface area (Å²) in [5.41, 5.74) is 10.3. The highest BCUT2D eigenvalue weighted by molar-refractivity contribution is 5.96. The van der Waals surface area contributed by atoms with E-state index in [1.54, 1.807) is 0 Å². The molecule has 0 saturated carbocycles. The molecular weight excluding hydrogens is 314 g/mol. The Morgan fingerprint density at radius 2 is 1.62 bits per heavy atom. The summed E-state index contributed by atoms with van der Waals surface area (Å²) in [6, 6.07) is 4.45. The Kier molecular flexibility index (Phi) is 8.25. The first kappa shape index (κ1) is 21.6. The second-order valence-corrected chi connectivity index (χ2v) is 6.97. The van der Waals surface area contributed by atoms with Crippen LogP contribution in [0.4, 0.5) is 0 Å². The summed E-state index contributed by atoms with van der Waals surface area (Å²) >= 11 is 0. The molecule has 0 bridgehead atoms. The van der Waals surface area contributed by atoms with E-state index in [9.17, 15) is 0 Å². The monoisotopic (exact) mass is 347 g/mol. The van der Waals surface area contributed by atoms with E-state index in [4.69, 9.17) is 0 Å². The molecule has 0 heterocycles. The Morgan fingerprint density at radius 3 is 2.15 bits per heavy atom. The van der Waals surface area contributed by atoms with E-state index in [2.05, 4.69) is 64.1 Å². The minimum atomic E-state index is 0.885. The number of nitrogens with zero attached hydrogens (tertiary/aromatic N) is 1. The van der Waals surface area contributed by atoms with Gasteiger partial charge in [-0.15, -0.1) is 0 Å². The van der Waals surface area contributed by atoms with Crippen LogP contribution in [0, 0.1) is 20.8 Å². The summed E-state index contributed by atoms with van der Waals surface area (Å²) in [7, 11) is 0. The van der Waals surface area contributed by atoms with Crippen LogP contribution in [0.2, 0.25) is 0 Å². The lowest BCUT2D eigenvalue weighted by Gasteiger charge is -2.16. The number of aliphatic imine (C=N–C) groups is 1. The lowest BCUT2D eigenvalue weighted by atomic mass is 9.89. The lowest BCUT2D eigenvalue weighted by Crippen LogP contribution is -1.97. The van der Waals surface area contributed by atoms with Gasteiger partial charge in [0.05, 0.1) is 0 Å². The van der Waals surface area contributed by atoms with Gasteiger partial charge in [0, 0.05) is 11.9 Å². The van der Waals surface area contributed by atoms with Crippen molar-refractivity contribution in [1.29, 1.82) is 0 Å². The van der Waals surface area contributed by atoms with Crippen molar-refractivity contribution < 1.29 is 0 Å². The molecule has 138 valence electrons. The summed E-state index contributed by atoms with van der Waals surface area (Å²) in [5.74, 6) is 0. The van der Waals surface area contributed by atoms with E-state index in [1.807, 2.05) is 39.1 Å². The average molecular weight is 348 g/mol. The van der Waals surface area contributed by atoms with Crippen LogP contribution in [-0.2, 0) is 0 Å². The van der Waals surface area contributed by atoms with Crippen molar-refractivity contribution in [1.82, 2.24) is 0 Å². The highest BCUT2D eigenvalue weighted by atomic mass is 14.7. The van der Waals surface area contributed by atoms with Gasteiger partial charge in [-0.2, -0.15) is 0 Å². The standard InChI is InChI=1S/C25H33N/c1-10-23(26-16-17(3)4)13-12-18(5)24(11-2)22(9)25-15-20(7)19(6)14-21(25)8/h11-16H,5,9-10H2,1-4,6-8H3/b13-12-,24-11-,26-23+. The molecule has 0 N–H and O–H groups in total. The number of rotatable bonds is 7. The molecule has 0 aliphatic carbocycles.